The third-order valence-electron chi connectivity index (χ3n) is 5.30. The van der Waals surface area contributed by atoms with Crippen molar-refractivity contribution in [2.45, 2.75) is 38.5 Å². The Labute approximate surface area is 183 Å². The van der Waals surface area contributed by atoms with Crippen LogP contribution >= 0.6 is 11.6 Å². The van der Waals surface area contributed by atoms with Crippen molar-refractivity contribution in [3.8, 4) is 5.75 Å². The van der Waals surface area contributed by atoms with Crippen molar-refractivity contribution in [3.63, 3.8) is 0 Å². The summed E-state index contributed by atoms with van der Waals surface area (Å²) in [6.45, 7) is 6.66. The van der Waals surface area contributed by atoms with Crippen molar-refractivity contribution in [1.29, 1.82) is 0 Å². The molecule has 0 aliphatic carbocycles. The number of hydrogen-bond acceptors (Lipinski definition) is 4. The third-order valence-corrected chi connectivity index (χ3v) is 7.39. The van der Waals surface area contributed by atoms with Gasteiger partial charge in [0, 0.05) is 23.8 Å². The summed E-state index contributed by atoms with van der Waals surface area (Å²) in [4.78, 5) is 13.0. The van der Waals surface area contributed by atoms with E-state index in [0.717, 1.165) is 11.1 Å². The van der Waals surface area contributed by atoms with E-state index in [-0.39, 0.29) is 17.3 Å². The van der Waals surface area contributed by atoms with E-state index in [2.05, 4.69) is 5.32 Å². The molecule has 1 saturated heterocycles. The highest BCUT2D eigenvalue weighted by Crippen LogP contribution is 2.28. The SMILES string of the molecule is CCOc1ccc(S(=O)(=O)N2CCC[C@@H](C(=O)Nc3cc(Cl)ccc3C)C2)cc1C. The van der Waals surface area contributed by atoms with Crippen LogP contribution in [0.4, 0.5) is 5.69 Å². The summed E-state index contributed by atoms with van der Waals surface area (Å²) >= 11 is 6.03. The number of rotatable bonds is 6. The minimum Gasteiger partial charge on any atom is -0.494 e. The Kier molecular flexibility index (Phi) is 7.06. The lowest BCUT2D eigenvalue weighted by atomic mass is 9.98. The lowest BCUT2D eigenvalue weighted by Gasteiger charge is -2.31. The Morgan fingerprint density at radius 3 is 2.67 bits per heavy atom. The standard InChI is InChI=1S/C22H27ClN2O4S/c1-4-29-21-10-9-19(12-16(21)3)30(27,28)25-11-5-6-17(14-25)22(26)24-20-13-18(23)8-7-15(20)2/h7-10,12-13,17H,4-6,11,14H2,1-3H3,(H,24,26)/t17-/m1/s1. The topological polar surface area (TPSA) is 75.7 Å². The molecule has 8 heteroatoms. The van der Waals surface area contributed by atoms with Crippen LogP contribution in [0.5, 0.6) is 5.75 Å². The minimum atomic E-state index is -3.69. The molecule has 1 fully saturated rings. The molecule has 0 bridgehead atoms. The largest absolute Gasteiger partial charge is 0.494 e. The van der Waals surface area contributed by atoms with E-state index < -0.39 is 15.9 Å². The highest BCUT2D eigenvalue weighted by Gasteiger charge is 2.33. The normalized spacial score (nSPS) is 17.5. The molecule has 30 heavy (non-hydrogen) atoms. The van der Waals surface area contributed by atoms with Crippen molar-refractivity contribution in [3.05, 3.63) is 52.5 Å². The van der Waals surface area contributed by atoms with Gasteiger partial charge in [0.25, 0.3) is 0 Å². The number of nitrogens with one attached hydrogen (secondary N) is 1. The monoisotopic (exact) mass is 450 g/mol. The molecular weight excluding hydrogens is 424 g/mol. The summed E-state index contributed by atoms with van der Waals surface area (Å²) in [7, 11) is -3.69. The third kappa shape index (κ3) is 4.96. The second kappa shape index (κ2) is 9.37. The summed E-state index contributed by atoms with van der Waals surface area (Å²) in [6.07, 6.45) is 1.27. The first kappa shape index (κ1) is 22.6. The van der Waals surface area contributed by atoms with Gasteiger partial charge in [-0.3, -0.25) is 4.79 Å². The second-order valence-corrected chi connectivity index (χ2v) is 9.89. The van der Waals surface area contributed by atoms with Gasteiger partial charge in [0.1, 0.15) is 5.75 Å². The van der Waals surface area contributed by atoms with Gasteiger partial charge in [0.15, 0.2) is 0 Å². The van der Waals surface area contributed by atoms with Crippen LogP contribution in [-0.4, -0.2) is 38.3 Å². The Bertz CT molecular complexity index is 1040. The second-order valence-electron chi connectivity index (χ2n) is 7.51. The van der Waals surface area contributed by atoms with Crippen molar-refractivity contribution < 1.29 is 17.9 Å². The summed E-state index contributed by atoms with van der Waals surface area (Å²) in [5.41, 5.74) is 2.31. The van der Waals surface area contributed by atoms with Crippen LogP contribution in [0.1, 0.15) is 30.9 Å². The molecule has 0 aromatic heterocycles. The number of sulfonamides is 1. The minimum absolute atomic E-state index is 0.153. The van der Waals surface area contributed by atoms with Crippen molar-refractivity contribution in [2.24, 2.45) is 5.92 Å². The average molecular weight is 451 g/mol. The van der Waals surface area contributed by atoms with Gasteiger partial charge in [-0.1, -0.05) is 17.7 Å². The summed E-state index contributed by atoms with van der Waals surface area (Å²) < 4.78 is 33.2. The van der Waals surface area contributed by atoms with Crippen molar-refractivity contribution in [1.82, 2.24) is 4.31 Å². The molecule has 162 valence electrons. The number of carbonyl (C=O) groups excluding carboxylic acids is 1. The smallest absolute Gasteiger partial charge is 0.243 e. The maximum absolute atomic E-state index is 13.2. The molecule has 0 saturated carbocycles. The predicted octanol–water partition coefficient (Wildman–Crippen LogP) is 4.39. The van der Waals surface area contributed by atoms with Crippen LogP contribution in [0.15, 0.2) is 41.3 Å². The molecule has 1 atom stereocenters. The number of carbonyl (C=O) groups is 1. The molecule has 3 rings (SSSR count). The molecule has 2 aromatic rings. The summed E-state index contributed by atoms with van der Waals surface area (Å²) in [5, 5.41) is 3.44. The Morgan fingerprint density at radius 2 is 1.97 bits per heavy atom. The maximum atomic E-state index is 13.2. The molecule has 1 amide bonds. The van der Waals surface area contributed by atoms with Crippen LogP contribution in [0.3, 0.4) is 0 Å². The number of halogens is 1. The average Bonchev–Trinajstić information content (AvgIpc) is 2.72. The highest BCUT2D eigenvalue weighted by molar-refractivity contribution is 7.89. The lowest BCUT2D eigenvalue weighted by Crippen LogP contribution is -2.43. The van der Waals surface area contributed by atoms with Crippen LogP contribution in [0, 0.1) is 19.8 Å². The Morgan fingerprint density at radius 1 is 1.20 bits per heavy atom. The van der Waals surface area contributed by atoms with Crippen molar-refractivity contribution in [2.75, 3.05) is 25.0 Å². The zero-order chi connectivity index (χ0) is 21.9. The first-order valence-corrected chi connectivity index (χ1v) is 11.8. The van der Waals surface area contributed by atoms with Gasteiger partial charge in [-0.05, 0) is 75.1 Å². The van der Waals surface area contributed by atoms with E-state index in [4.69, 9.17) is 16.3 Å². The van der Waals surface area contributed by atoms with E-state index in [1.165, 1.54) is 4.31 Å². The van der Waals surface area contributed by atoms with Gasteiger partial charge in [0.05, 0.1) is 17.4 Å². The van der Waals surface area contributed by atoms with E-state index in [0.29, 0.717) is 42.5 Å². The zero-order valence-electron chi connectivity index (χ0n) is 17.4. The number of hydrogen-bond donors (Lipinski definition) is 1. The lowest BCUT2D eigenvalue weighted by molar-refractivity contribution is -0.120. The van der Waals surface area contributed by atoms with Crippen LogP contribution in [0.2, 0.25) is 5.02 Å². The van der Waals surface area contributed by atoms with Crippen LogP contribution < -0.4 is 10.1 Å². The summed E-state index contributed by atoms with van der Waals surface area (Å²) in [6, 6.07) is 10.2. The quantitative estimate of drug-likeness (QED) is 0.707. The first-order valence-electron chi connectivity index (χ1n) is 10.0. The Balaban J connectivity index is 1.75. The number of amides is 1. The number of anilines is 1. The molecule has 6 nitrogen and oxygen atoms in total. The van der Waals surface area contributed by atoms with E-state index in [1.54, 1.807) is 30.3 Å². The molecule has 1 N–H and O–H groups in total. The number of aryl methyl sites for hydroxylation is 2. The molecule has 0 spiro atoms. The maximum Gasteiger partial charge on any atom is 0.243 e. The van der Waals surface area contributed by atoms with Gasteiger partial charge < -0.3 is 10.1 Å². The van der Waals surface area contributed by atoms with Crippen LogP contribution in [-0.2, 0) is 14.8 Å². The number of benzene rings is 2. The molecule has 0 radical (unpaired) electrons. The van der Waals surface area contributed by atoms with Crippen LogP contribution in [0.25, 0.3) is 0 Å². The van der Waals surface area contributed by atoms with E-state index in [9.17, 15) is 13.2 Å². The number of nitrogens with zero attached hydrogens (tertiary/aromatic N) is 1. The fraction of sp³-hybridized carbons (Fsp3) is 0.409. The molecule has 0 unspecified atom stereocenters. The van der Waals surface area contributed by atoms with Gasteiger partial charge in [0.2, 0.25) is 15.9 Å². The first-order chi connectivity index (χ1) is 14.2. The summed E-state index contributed by atoms with van der Waals surface area (Å²) in [5.74, 6) is 0.0584. The van der Waals surface area contributed by atoms with E-state index >= 15 is 0 Å². The van der Waals surface area contributed by atoms with Gasteiger partial charge in [-0.2, -0.15) is 4.31 Å². The molecule has 1 heterocycles. The Hall–Kier alpha value is -2.09. The van der Waals surface area contributed by atoms with Gasteiger partial charge in [-0.15, -0.1) is 0 Å². The molecule has 2 aromatic carbocycles. The molecular formula is C22H27ClN2O4S. The highest BCUT2D eigenvalue weighted by atomic mass is 35.5. The van der Waals surface area contributed by atoms with Crippen molar-refractivity contribution >= 4 is 33.2 Å². The molecule has 1 aliphatic rings. The zero-order valence-corrected chi connectivity index (χ0v) is 19.0. The number of piperidine rings is 1. The van der Waals surface area contributed by atoms with Gasteiger partial charge in [-0.25, -0.2) is 8.42 Å². The number of ether oxygens (including phenoxy) is 1. The molecule has 1 aliphatic heterocycles. The van der Waals surface area contributed by atoms with Gasteiger partial charge >= 0.3 is 0 Å². The fourth-order valence-electron chi connectivity index (χ4n) is 3.59. The van der Waals surface area contributed by atoms with E-state index in [1.807, 2.05) is 26.8 Å². The fourth-order valence-corrected chi connectivity index (χ4v) is 5.37. The predicted molar refractivity (Wildman–Crippen MR) is 119 cm³/mol.